The fraction of sp³-hybridized carbons (Fsp3) is 0.529. The molecule has 1 aromatic carbocycles. The molecule has 2 fully saturated rings. The van der Waals surface area contributed by atoms with E-state index in [1.54, 1.807) is 0 Å². The van der Waals surface area contributed by atoms with Crippen LogP contribution in [0.4, 0.5) is 0 Å². The van der Waals surface area contributed by atoms with E-state index >= 15 is 0 Å². The quantitative estimate of drug-likeness (QED) is 0.822. The van der Waals surface area contributed by atoms with E-state index in [1.165, 1.54) is 7.11 Å². The molecule has 1 aromatic rings. The van der Waals surface area contributed by atoms with Gasteiger partial charge in [0.05, 0.1) is 7.11 Å². The number of methoxy groups -OCH3 is 1. The highest BCUT2D eigenvalue weighted by Crippen LogP contribution is 2.58. The van der Waals surface area contributed by atoms with Crippen LogP contribution in [0.5, 0.6) is 0 Å². The summed E-state index contributed by atoms with van der Waals surface area (Å²) in [6.07, 6.45) is 3.02. The highest BCUT2D eigenvalue weighted by atomic mass is 35.5. The third-order valence-electron chi connectivity index (χ3n) is 4.96. The number of halogens is 1. The minimum atomic E-state index is -0.724. The van der Waals surface area contributed by atoms with Crippen LogP contribution in [0.1, 0.15) is 30.9 Å². The van der Waals surface area contributed by atoms with Gasteiger partial charge >= 0.3 is 5.97 Å². The topological polar surface area (TPSA) is 67.4 Å². The number of carbonyl (C=O) groups excluding carboxylic acids is 2. The molecule has 1 aliphatic heterocycles. The standard InChI is InChI=1S/C17H22N2O3.ClH/c1-22-16(21)14(12-5-3-2-4-6-12)19-15(20)13-11-17(13)7-9-18-10-8-17;/h2-6,13-14,18H,7-11H2,1H3,(H,19,20);1H. The van der Waals surface area contributed by atoms with Crippen molar-refractivity contribution < 1.29 is 14.3 Å². The Morgan fingerprint density at radius 3 is 2.52 bits per heavy atom. The van der Waals surface area contributed by atoms with E-state index in [-0.39, 0.29) is 29.6 Å². The summed E-state index contributed by atoms with van der Waals surface area (Å²) in [5.41, 5.74) is 0.912. The van der Waals surface area contributed by atoms with Crippen LogP contribution < -0.4 is 10.6 Å². The van der Waals surface area contributed by atoms with Crippen LogP contribution in [0.15, 0.2) is 30.3 Å². The number of rotatable bonds is 4. The van der Waals surface area contributed by atoms with Gasteiger partial charge in [-0.05, 0) is 43.3 Å². The maximum absolute atomic E-state index is 12.5. The second-order valence-corrected chi connectivity index (χ2v) is 6.24. The van der Waals surface area contributed by atoms with Crippen molar-refractivity contribution in [1.29, 1.82) is 0 Å². The highest BCUT2D eigenvalue weighted by Gasteiger charge is 2.57. The van der Waals surface area contributed by atoms with Crippen LogP contribution in [0.25, 0.3) is 0 Å². The van der Waals surface area contributed by atoms with Gasteiger partial charge in [-0.25, -0.2) is 4.79 Å². The number of hydrogen-bond acceptors (Lipinski definition) is 4. The first kappa shape index (κ1) is 17.8. The van der Waals surface area contributed by atoms with E-state index in [2.05, 4.69) is 10.6 Å². The first-order chi connectivity index (χ1) is 10.7. The molecular formula is C17H23ClN2O3. The predicted molar refractivity (Wildman–Crippen MR) is 89.2 cm³/mol. The van der Waals surface area contributed by atoms with Crippen molar-refractivity contribution in [2.75, 3.05) is 20.2 Å². The molecule has 2 unspecified atom stereocenters. The van der Waals surface area contributed by atoms with Gasteiger partial charge in [0.1, 0.15) is 0 Å². The van der Waals surface area contributed by atoms with E-state index < -0.39 is 12.0 Å². The Balaban J connectivity index is 0.00000192. The Kier molecular flexibility index (Phi) is 5.65. The first-order valence-corrected chi connectivity index (χ1v) is 7.80. The van der Waals surface area contributed by atoms with Crippen molar-refractivity contribution in [3.8, 4) is 0 Å². The minimum Gasteiger partial charge on any atom is -0.467 e. The van der Waals surface area contributed by atoms with Gasteiger partial charge in [0, 0.05) is 5.92 Å². The van der Waals surface area contributed by atoms with Gasteiger partial charge in [-0.1, -0.05) is 30.3 Å². The van der Waals surface area contributed by atoms with Crippen LogP contribution in [0.3, 0.4) is 0 Å². The second-order valence-electron chi connectivity index (χ2n) is 6.24. The lowest BCUT2D eigenvalue weighted by Gasteiger charge is -2.24. The third kappa shape index (κ3) is 3.67. The average molecular weight is 339 g/mol. The zero-order valence-corrected chi connectivity index (χ0v) is 14.0. The largest absolute Gasteiger partial charge is 0.467 e. The van der Waals surface area contributed by atoms with E-state index in [0.29, 0.717) is 0 Å². The maximum atomic E-state index is 12.5. The Bertz CT molecular complexity index is 558. The zero-order chi connectivity index (χ0) is 15.6. The number of amides is 1. The summed E-state index contributed by atoms with van der Waals surface area (Å²) in [5.74, 6) is -0.425. The van der Waals surface area contributed by atoms with Crippen LogP contribution in [-0.4, -0.2) is 32.1 Å². The normalized spacial score (nSPS) is 22.6. The molecule has 0 radical (unpaired) electrons. The fourth-order valence-corrected chi connectivity index (χ4v) is 3.48. The van der Waals surface area contributed by atoms with Crippen molar-refractivity contribution in [3.63, 3.8) is 0 Å². The monoisotopic (exact) mass is 338 g/mol. The van der Waals surface area contributed by atoms with Crippen molar-refractivity contribution in [3.05, 3.63) is 35.9 Å². The van der Waals surface area contributed by atoms with E-state index in [4.69, 9.17) is 4.74 Å². The molecule has 1 aliphatic carbocycles. The van der Waals surface area contributed by atoms with Gasteiger partial charge < -0.3 is 15.4 Å². The van der Waals surface area contributed by atoms with Gasteiger partial charge in [0.15, 0.2) is 6.04 Å². The number of esters is 1. The lowest BCUT2D eigenvalue weighted by atomic mass is 9.91. The molecular weight excluding hydrogens is 316 g/mol. The number of ether oxygens (including phenoxy) is 1. The third-order valence-corrected chi connectivity index (χ3v) is 4.96. The van der Waals surface area contributed by atoms with Crippen LogP contribution in [-0.2, 0) is 14.3 Å². The first-order valence-electron chi connectivity index (χ1n) is 7.80. The highest BCUT2D eigenvalue weighted by molar-refractivity contribution is 5.88. The zero-order valence-electron chi connectivity index (χ0n) is 13.2. The summed E-state index contributed by atoms with van der Waals surface area (Å²) in [5, 5.41) is 6.21. The van der Waals surface area contributed by atoms with Gasteiger partial charge in [0.25, 0.3) is 0 Å². The second kappa shape index (κ2) is 7.32. The number of nitrogens with one attached hydrogen (secondary N) is 2. The number of hydrogen-bond donors (Lipinski definition) is 2. The van der Waals surface area contributed by atoms with Crippen molar-refractivity contribution >= 4 is 24.3 Å². The fourth-order valence-electron chi connectivity index (χ4n) is 3.48. The molecule has 2 atom stereocenters. The number of piperidine rings is 1. The molecule has 3 rings (SSSR count). The molecule has 1 amide bonds. The molecule has 1 spiro atoms. The van der Waals surface area contributed by atoms with Crippen molar-refractivity contribution in [1.82, 2.24) is 10.6 Å². The molecule has 0 bridgehead atoms. The lowest BCUT2D eigenvalue weighted by molar-refractivity contribution is -0.145. The Morgan fingerprint density at radius 2 is 1.91 bits per heavy atom. The molecule has 0 aromatic heterocycles. The van der Waals surface area contributed by atoms with Crippen molar-refractivity contribution in [2.24, 2.45) is 11.3 Å². The SMILES string of the molecule is COC(=O)C(NC(=O)C1CC12CCNCC2)c1ccccc1.Cl. The Hall–Kier alpha value is -1.59. The minimum absolute atomic E-state index is 0. The van der Waals surface area contributed by atoms with Crippen LogP contribution in [0.2, 0.25) is 0 Å². The summed E-state index contributed by atoms with van der Waals surface area (Å²) in [6.45, 7) is 1.95. The summed E-state index contributed by atoms with van der Waals surface area (Å²) in [7, 11) is 1.34. The van der Waals surface area contributed by atoms with E-state index in [1.807, 2.05) is 30.3 Å². The van der Waals surface area contributed by atoms with Crippen molar-refractivity contribution in [2.45, 2.75) is 25.3 Å². The summed E-state index contributed by atoms with van der Waals surface area (Å²) < 4.78 is 4.84. The Labute approximate surface area is 142 Å². The lowest BCUT2D eigenvalue weighted by Crippen LogP contribution is -2.38. The molecule has 1 saturated carbocycles. The smallest absolute Gasteiger partial charge is 0.333 e. The van der Waals surface area contributed by atoms with E-state index in [9.17, 15) is 9.59 Å². The van der Waals surface area contributed by atoms with Crippen LogP contribution in [0, 0.1) is 11.3 Å². The van der Waals surface area contributed by atoms with Gasteiger partial charge in [-0.3, -0.25) is 4.79 Å². The molecule has 2 N–H and O–H groups in total. The maximum Gasteiger partial charge on any atom is 0.333 e. The molecule has 5 nitrogen and oxygen atoms in total. The molecule has 1 saturated heterocycles. The molecule has 23 heavy (non-hydrogen) atoms. The van der Waals surface area contributed by atoms with Crippen LogP contribution >= 0.6 is 12.4 Å². The number of benzene rings is 1. The molecule has 2 aliphatic rings. The molecule has 126 valence electrons. The van der Waals surface area contributed by atoms with Gasteiger partial charge in [-0.15, -0.1) is 12.4 Å². The molecule has 6 heteroatoms. The molecule has 1 heterocycles. The van der Waals surface area contributed by atoms with E-state index in [0.717, 1.165) is 37.9 Å². The predicted octanol–water partition coefficient (Wildman–Crippen LogP) is 1.83. The Morgan fingerprint density at radius 1 is 1.26 bits per heavy atom. The summed E-state index contributed by atoms with van der Waals surface area (Å²) in [4.78, 5) is 24.6. The number of carbonyl (C=O) groups is 2. The van der Waals surface area contributed by atoms with Gasteiger partial charge in [0.2, 0.25) is 5.91 Å². The summed E-state index contributed by atoms with van der Waals surface area (Å²) in [6, 6.07) is 8.51. The summed E-state index contributed by atoms with van der Waals surface area (Å²) >= 11 is 0. The van der Waals surface area contributed by atoms with Gasteiger partial charge in [-0.2, -0.15) is 0 Å². The average Bonchev–Trinajstić information content (AvgIpc) is 3.26.